The monoisotopic (exact) mass is 407 g/mol. The first-order chi connectivity index (χ1) is 13.5. The average Bonchev–Trinajstić information content (AvgIpc) is 2.70. The summed E-state index contributed by atoms with van der Waals surface area (Å²) < 4.78 is 41.1. The minimum Gasteiger partial charge on any atom is -0.490 e. The molecule has 0 bridgehead atoms. The quantitative estimate of drug-likeness (QED) is 0.785. The summed E-state index contributed by atoms with van der Waals surface area (Å²) in [6.07, 6.45) is 2.89. The van der Waals surface area contributed by atoms with Gasteiger partial charge in [-0.15, -0.1) is 0 Å². The standard InChI is InChI=1S/C22H24ClF2NO2/c23-16-3-1-14(2-4-16)12-22-8-7-17(27-10-9-26)11-15(22)13-28-21-19(25)6-5-18(24)20(21)22/h1-6,15,17H,7-13,26H2/t15-,17-,22+/m1/s1. The molecule has 2 aliphatic rings. The van der Waals surface area contributed by atoms with E-state index in [1.54, 1.807) is 0 Å². The number of ether oxygens (including phenoxy) is 2. The van der Waals surface area contributed by atoms with E-state index in [9.17, 15) is 4.39 Å². The number of hydrogen-bond acceptors (Lipinski definition) is 3. The third kappa shape index (κ3) is 3.51. The molecule has 6 heteroatoms. The van der Waals surface area contributed by atoms with E-state index in [1.165, 1.54) is 6.07 Å². The van der Waals surface area contributed by atoms with Crippen LogP contribution in [0.1, 0.15) is 30.4 Å². The van der Waals surface area contributed by atoms with Crippen molar-refractivity contribution in [3.8, 4) is 5.75 Å². The molecule has 0 saturated heterocycles. The highest BCUT2D eigenvalue weighted by Crippen LogP contribution is 2.53. The Labute approximate surface area is 168 Å². The van der Waals surface area contributed by atoms with Crippen LogP contribution in [0.25, 0.3) is 0 Å². The van der Waals surface area contributed by atoms with Gasteiger partial charge in [-0.1, -0.05) is 23.7 Å². The summed E-state index contributed by atoms with van der Waals surface area (Å²) in [7, 11) is 0. The lowest BCUT2D eigenvalue weighted by Gasteiger charge is -2.50. The molecule has 150 valence electrons. The summed E-state index contributed by atoms with van der Waals surface area (Å²) in [4.78, 5) is 0. The summed E-state index contributed by atoms with van der Waals surface area (Å²) in [6, 6.07) is 9.93. The molecular weight excluding hydrogens is 384 g/mol. The van der Waals surface area contributed by atoms with E-state index in [2.05, 4.69) is 0 Å². The highest BCUT2D eigenvalue weighted by molar-refractivity contribution is 6.30. The van der Waals surface area contributed by atoms with E-state index >= 15 is 4.39 Å². The van der Waals surface area contributed by atoms with Crippen LogP contribution in [0.3, 0.4) is 0 Å². The minimum absolute atomic E-state index is 0.0310. The molecule has 3 nitrogen and oxygen atoms in total. The van der Waals surface area contributed by atoms with Crippen molar-refractivity contribution in [2.45, 2.75) is 37.2 Å². The van der Waals surface area contributed by atoms with E-state index in [0.717, 1.165) is 24.5 Å². The SMILES string of the molecule is NCCO[C@@H]1CC[C@@]2(Cc3ccc(Cl)cc3)c3c(F)ccc(F)c3OC[C@H]2C1. The van der Waals surface area contributed by atoms with Gasteiger partial charge in [-0.05, 0) is 55.5 Å². The molecule has 1 aliphatic carbocycles. The van der Waals surface area contributed by atoms with Gasteiger partial charge in [0.15, 0.2) is 11.6 Å². The van der Waals surface area contributed by atoms with Gasteiger partial charge in [-0.3, -0.25) is 0 Å². The van der Waals surface area contributed by atoms with E-state index < -0.39 is 17.0 Å². The van der Waals surface area contributed by atoms with Crippen molar-refractivity contribution in [1.82, 2.24) is 0 Å². The number of fused-ring (bicyclic) bond motifs is 3. The fourth-order valence-electron chi connectivity index (χ4n) is 4.84. The summed E-state index contributed by atoms with van der Waals surface area (Å²) in [5.41, 5.74) is 6.45. The number of hydrogen-bond donors (Lipinski definition) is 1. The van der Waals surface area contributed by atoms with E-state index in [1.807, 2.05) is 24.3 Å². The number of halogens is 3. The first-order valence-corrected chi connectivity index (χ1v) is 10.1. The van der Waals surface area contributed by atoms with Gasteiger partial charge in [0, 0.05) is 28.5 Å². The molecule has 0 spiro atoms. The van der Waals surface area contributed by atoms with Crippen LogP contribution in [-0.4, -0.2) is 25.9 Å². The molecule has 0 radical (unpaired) electrons. The Morgan fingerprint density at radius 1 is 1.14 bits per heavy atom. The van der Waals surface area contributed by atoms with Crippen LogP contribution >= 0.6 is 11.6 Å². The van der Waals surface area contributed by atoms with Gasteiger partial charge in [0.2, 0.25) is 0 Å². The second kappa shape index (κ2) is 7.97. The molecule has 2 N–H and O–H groups in total. The third-order valence-electron chi connectivity index (χ3n) is 6.13. The number of rotatable bonds is 5. The predicted molar refractivity (Wildman–Crippen MR) is 105 cm³/mol. The molecule has 4 rings (SSSR count). The van der Waals surface area contributed by atoms with Gasteiger partial charge >= 0.3 is 0 Å². The Kier molecular flexibility index (Phi) is 5.59. The fourth-order valence-corrected chi connectivity index (χ4v) is 4.96. The number of benzene rings is 2. The normalized spacial score (nSPS) is 26.3. The Morgan fingerprint density at radius 2 is 1.89 bits per heavy atom. The fraction of sp³-hybridized carbons (Fsp3) is 0.455. The van der Waals surface area contributed by atoms with Crippen LogP contribution in [0.15, 0.2) is 36.4 Å². The first kappa shape index (κ1) is 19.6. The molecule has 1 heterocycles. The van der Waals surface area contributed by atoms with Crippen molar-refractivity contribution in [2.24, 2.45) is 11.7 Å². The van der Waals surface area contributed by atoms with Crippen molar-refractivity contribution in [1.29, 1.82) is 0 Å². The second-order valence-electron chi connectivity index (χ2n) is 7.76. The molecule has 28 heavy (non-hydrogen) atoms. The summed E-state index contributed by atoms with van der Waals surface area (Å²) in [6.45, 7) is 1.32. The van der Waals surface area contributed by atoms with Gasteiger partial charge in [0.05, 0.1) is 19.3 Å². The van der Waals surface area contributed by atoms with E-state index in [0.29, 0.717) is 43.2 Å². The molecule has 1 aliphatic heterocycles. The van der Waals surface area contributed by atoms with Crippen molar-refractivity contribution >= 4 is 11.6 Å². The predicted octanol–water partition coefficient (Wildman–Crippen LogP) is 4.64. The van der Waals surface area contributed by atoms with Gasteiger partial charge in [-0.25, -0.2) is 8.78 Å². The lowest BCUT2D eigenvalue weighted by atomic mass is 9.58. The second-order valence-corrected chi connectivity index (χ2v) is 8.19. The van der Waals surface area contributed by atoms with Gasteiger partial charge in [0.1, 0.15) is 5.82 Å². The number of nitrogens with two attached hydrogens (primary N) is 1. The Hall–Kier alpha value is -1.69. The third-order valence-corrected chi connectivity index (χ3v) is 6.38. The minimum atomic E-state index is -0.532. The van der Waals surface area contributed by atoms with Crippen LogP contribution in [0, 0.1) is 17.6 Å². The molecule has 1 saturated carbocycles. The van der Waals surface area contributed by atoms with Gasteiger partial charge in [-0.2, -0.15) is 0 Å². The summed E-state index contributed by atoms with van der Waals surface area (Å²) >= 11 is 6.03. The van der Waals surface area contributed by atoms with Crippen molar-refractivity contribution < 1.29 is 18.3 Å². The topological polar surface area (TPSA) is 44.5 Å². The van der Waals surface area contributed by atoms with E-state index in [4.69, 9.17) is 26.8 Å². The van der Waals surface area contributed by atoms with Crippen LogP contribution < -0.4 is 10.5 Å². The Morgan fingerprint density at radius 3 is 2.64 bits per heavy atom. The maximum absolute atomic E-state index is 15.0. The van der Waals surface area contributed by atoms with Crippen LogP contribution in [0.2, 0.25) is 5.02 Å². The smallest absolute Gasteiger partial charge is 0.165 e. The highest BCUT2D eigenvalue weighted by Gasteiger charge is 2.51. The van der Waals surface area contributed by atoms with Crippen molar-refractivity contribution in [2.75, 3.05) is 19.8 Å². The lowest BCUT2D eigenvalue weighted by molar-refractivity contribution is -0.0311. The molecule has 2 aromatic carbocycles. The Balaban J connectivity index is 1.75. The zero-order chi connectivity index (χ0) is 19.7. The summed E-state index contributed by atoms with van der Waals surface area (Å²) in [5, 5.41) is 0.654. The zero-order valence-corrected chi connectivity index (χ0v) is 16.4. The van der Waals surface area contributed by atoms with E-state index in [-0.39, 0.29) is 17.8 Å². The molecule has 3 atom stereocenters. The zero-order valence-electron chi connectivity index (χ0n) is 15.6. The van der Waals surface area contributed by atoms with Crippen molar-refractivity contribution in [3.63, 3.8) is 0 Å². The molecule has 0 amide bonds. The van der Waals surface area contributed by atoms with Gasteiger partial charge in [0.25, 0.3) is 0 Å². The summed E-state index contributed by atoms with van der Waals surface area (Å²) in [5.74, 6) is -0.821. The molecule has 0 aromatic heterocycles. The van der Waals surface area contributed by atoms with Gasteiger partial charge < -0.3 is 15.2 Å². The van der Waals surface area contributed by atoms with Crippen LogP contribution in [-0.2, 0) is 16.6 Å². The van der Waals surface area contributed by atoms with Crippen LogP contribution in [0.4, 0.5) is 8.78 Å². The van der Waals surface area contributed by atoms with Crippen LogP contribution in [0.5, 0.6) is 5.75 Å². The molecular formula is C22H24ClF2NO2. The Bertz CT molecular complexity index is 845. The largest absolute Gasteiger partial charge is 0.490 e. The molecule has 0 unspecified atom stereocenters. The van der Waals surface area contributed by atoms with Crippen molar-refractivity contribution in [3.05, 3.63) is 64.2 Å². The molecule has 2 aromatic rings. The lowest BCUT2D eigenvalue weighted by Crippen LogP contribution is -2.50. The molecule has 1 fully saturated rings. The first-order valence-electron chi connectivity index (χ1n) is 9.71. The maximum atomic E-state index is 15.0. The highest BCUT2D eigenvalue weighted by atomic mass is 35.5. The maximum Gasteiger partial charge on any atom is 0.165 e. The average molecular weight is 408 g/mol.